The molecule has 2 aromatic carbocycles. The average Bonchev–Trinajstić information content (AvgIpc) is 3.54. The van der Waals surface area contributed by atoms with Crippen molar-refractivity contribution < 1.29 is 9.13 Å². The van der Waals surface area contributed by atoms with Crippen molar-refractivity contribution in [3.63, 3.8) is 0 Å². The molecule has 1 aliphatic rings. The molecular formula is C44H57N5+2. The molecule has 0 aliphatic carbocycles. The number of nitrogens with zero attached hydrogens (tertiary/aromatic N) is 5. The van der Waals surface area contributed by atoms with Gasteiger partial charge in [0.15, 0.2) is 11.0 Å². The van der Waals surface area contributed by atoms with Crippen molar-refractivity contribution in [2.24, 2.45) is 7.05 Å². The number of fused-ring (bicyclic) bond motifs is 3. The van der Waals surface area contributed by atoms with Crippen LogP contribution in [0.25, 0.3) is 38.8 Å². The summed E-state index contributed by atoms with van der Waals surface area (Å²) in [6.07, 6.45) is 11.1. The molecule has 5 heterocycles. The van der Waals surface area contributed by atoms with E-state index < -0.39 is 0 Å². The van der Waals surface area contributed by atoms with E-state index in [2.05, 4.69) is 155 Å². The van der Waals surface area contributed by atoms with Crippen LogP contribution >= 0.6 is 0 Å². The van der Waals surface area contributed by atoms with Crippen molar-refractivity contribution in [2.45, 2.75) is 131 Å². The predicted molar refractivity (Wildman–Crippen MR) is 203 cm³/mol. The van der Waals surface area contributed by atoms with E-state index >= 15 is 0 Å². The Labute approximate surface area is 293 Å². The topological polar surface area (TPSA) is 30.0 Å². The second-order valence-corrected chi connectivity index (χ2v) is 16.2. The highest BCUT2D eigenvalue weighted by Crippen LogP contribution is 2.53. The molecule has 0 spiro atoms. The molecule has 0 radical (unpaired) electrons. The van der Waals surface area contributed by atoms with E-state index in [0.717, 1.165) is 37.9 Å². The quantitative estimate of drug-likeness (QED) is 0.143. The van der Waals surface area contributed by atoms with Crippen molar-refractivity contribution in [2.75, 3.05) is 0 Å². The van der Waals surface area contributed by atoms with Crippen LogP contribution in [-0.2, 0) is 36.4 Å². The maximum absolute atomic E-state index is 5.06. The zero-order chi connectivity index (χ0) is 35.0. The summed E-state index contributed by atoms with van der Waals surface area (Å²) in [5.41, 5.74) is 13.0. The predicted octanol–water partition coefficient (Wildman–Crippen LogP) is 9.66. The van der Waals surface area contributed by atoms with Crippen LogP contribution in [0, 0.1) is 20.8 Å². The Morgan fingerprint density at radius 3 is 2.37 bits per heavy atom. The largest absolute Gasteiger partial charge is 0.296 e. The minimum absolute atomic E-state index is 0.0411. The molecule has 2 unspecified atom stereocenters. The lowest BCUT2D eigenvalue weighted by molar-refractivity contribution is -0.729. The Morgan fingerprint density at radius 1 is 0.939 bits per heavy atom. The standard InChI is InChI=1S/C44H57N5/c1-12-15-19-32-21-22-35-39-34(32)23-25-48-37-28-45-38(42(7,8)9)27-36(37)49(41(39)48)43(10,13-2)44(35,14-3)24-26-47-31(6)30(5)46(11)40(47)33-20-17-16-18-29(33)4/h16-18,20-23,25,27-28H,12-15,19,24,26H2,1-11H3/q+2. The Morgan fingerprint density at radius 2 is 1.69 bits per heavy atom. The van der Waals surface area contributed by atoms with Gasteiger partial charge in [-0.25, -0.2) is 13.7 Å². The van der Waals surface area contributed by atoms with Gasteiger partial charge in [0.05, 0.1) is 42.6 Å². The fraction of sp³-hybridized carbons (Fsp3) is 0.477. The van der Waals surface area contributed by atoms with Gasteiger partial charge >= 0.3 is 0 Å². The van der Waals surface area contributed by atoms with Gasteiger partial charge < -0.3 is 0 Å². The minimum Gasteiger partial charge on any atom is -0.256 e. The summed E-state index contributed by atoms with van der Waals surface area (Å²) in [5, 5.41) is 2.87. The number of aromatic nitrogens is 5. The molecule has 0 saturated heterocycles. The summed E-state index contributed by atoms with van der Waals surface area (Å²) in [5.74, 6) is 1.30. The van der Waals surface area contributed by atoms with Crippen molar-refractivity contribution >= 4 is 27.5 Å². The highest BCUT2D eigenvalue weighted by Gasteiger charge is 2.57. The van der Waals surface area contributed by atoms with E-state index in [0.29, 0.717) is 0 Å². The number of rotatable bonds is 9. The summed E-state index contributed by atoms with van der Waals surface area (Å²) < 4.78 is 10.3. The summed E-state index contributed by atoms with van der Waals surface area (Å²) in [7, 11) is 2.24. The van der Waals surface area contributed by atoms with Crippen LogP contribution in [0.2, 0.25) is 0 Å². The SMILES string of the molecule is CCCCc1ccc2c3c1ccn1c4cnc(C(C)(C)C)cc4[n+](c31)C(C)(CC)C2(CC)CCn1c(C)c(C)[n+](C)c1-c1ccccc1C. The fourth-order valence-electron chi connectivity index (χ4n) is 9.47. The van der Waals surface area contributed by atoms with E-state index in [1.54, 1.807) is 0 Å². The lowest BCUT2D eigenvalue weighted by Gasteiger charge is -2.49. The average molecular weight is 656 g/mol. The Balaban J connectivity index is 1.54. The number of hydrogen-bond donors (Lipinski definition) is 0. The van der Waals surface area contributed by atoms with Crippen LogP contribution in [0.3, 0.4) is 0 Å². The molecule has 0 amide bonds. The van der Waals surface area contributed by atoms with Gasteiger partial charge in [0, 0.05) is 30.7 Å². The van der Waals surface area contributed by atoms with Gasteiger partial charge in [-0.3, -0.25) is 4.98 Å². The molecular weight excluding hydrogens is 599 g/mol. The van der Waals surface area contributed by atoms with Gasteiger partial charge in [0.1, 0.15) is 16.9 Å². The second-order valence-electron chi connectivity index (χ2n) is 16.2. The Bertz CT molecular complexity index is 2240. The fourth-order valence-corrected chi connectivity index (χ4v) is 9.47. The van der Waals surface area contributed by atoms with Crippen molar-refractivity contribution in [1.82, 2.24) is 14.0 Å². The summed E-state index contributed by atoms with van der Waals surface area (Å²) >= 11 is 0. The van der Waals surface area contributed by atoms with Crippen LogP contribution in [-0.4, -0.2) is 14.0 Å². The molecule has 5 heteroatoms. The normalized spacial score (nSPS) is 19.2. The number of aryl methyl sites for hydroxylation is 2. The van der Waals surface area contributed by atoms with E-state index in [9.17, 15) is 0 Å². The molecule has 0 bridgehead atoms. The Hall–Kier alpha value is -3.99. The zero-order valence-corrected chi connectivity index (χ0v) is 32.0. The highest BCUT2D eigenvalue weighted by atomic mass is 15.2. The van der Waals surface area contributed by atoms with Crippen LogP contribution in [0.4, 0.5) is 0 Å². The molecule has 0 N–H and O–H groups in total. The lowest BCUT2D eigenvalue weighted by Crippen LogP contribution is -2.67. The molecule has 5 nitrogen and oxygen atoms in total. The van der Waals surface area contributed by atoms with Gasteiger partial charge in [-0.1, -0.05) is 78.3 Å². The number of pyridine rings is 2. The lowest BCUT2D eigenvalue weighted by atomic mass is 9.58. The number of imidazole rings is 2. The molecule has 0 saturated carbocycles. The first kappa shape index (κ1) is 33.5. The van der Waals surface area contributed by atoms with Crippen molar-refractivity contribution in [1.29, 1.82) is 0 Å². The monoisotopic (exact) mass is 655 g/mol. The number of hydrogen-bond acceptors (Lipinski definition) is 1. The third kappa shape index (κ3) is 4.67. The van der Waals surface area contributed by atoms with Crippen LogP contribution in [0.5, 0.6) is 0 Å². The van der Waals surface area contributed by atoms with Crippen molar-refractivity contribution in [3.05, 3.63) is 94.7 Å². The van der Waals surface area contributed by atoms with Crippen LogP contribution in [0.1, 0.15) is 114 Å². The third-order valence-electron chi connectivity index (χ3n) is 12.8. The molecule has 4 aromatic heterocycles. The minimum atomic E-state index is -0.168. The Kier molecular flexibility index (Phi) is 8.08. The van der Waals surface area contributed by atoms with E-state index in [-0.39, 0.29) is 16.4 Å². The maximum atomic E-state index is 5.06. The molecule has 6 aromatic rings. The van der Waals surface area contributed by atoms with E-state index in [4.69, 9.17) is 4.98 Å². The first-order valence-electron chi connectivity index (χ1n) is 18.8. The molecule has 7 rings (SSSR count). The highest BCUT2D eigenvalue weighted by molar-refractivity contribution is 6.01. The number of unbranched alkanes of at least 4 members (excludes halogenated alkanes) is 1. The smallest absolute Gasteiger partial charge is 0.256 e. The molecule has 1 aliphatic heterocycles. The maximum Gasteiger partial charge on any atom is 0.296 e. The van der Waals surface area contributed by atoms with E-state index in [1.165, 1.54) is 79.8 Å². The molecule has 49 heavy (non-hydrogen) atoms. The van der Waals surface area contributed by atoms with Crippen LogP contribution < -0.4 is 9.13 Å². The molecule has 2 atom stereocenters. The molecule has 256 valence electrons. The third-order valence-corrected chi connectivity index (χ3v) is 12.8. The van der Waals surface area contributed by atoms with E-state index in [1.807, 2.05) is 0 Å². The number of benzene rings is 2. The first-order chi connectivity index (χ1) is 23.3. The first-order valence-corrected chi connectivity index (χ1v) is 18.8. The van der Waals surface area contributed by atoms with Gasteiger partial charge in [-0.2, -0.15) is 4.40 Å². The van der Waals surface area contributed by atoms with Crippen LogP contribution in [0.15, 0.2) is 60.9 Å². The van der Waals surface area contributed by atoms with Crippen molar-refractivity contribution in [3.8, 4) is 11.4 Å². The zero-order valence-electron chi connectivity index (χ0n) is 32.0. The van der Waals surface area contributed by atoms with Gasteiger partial charge in [0.25, 0.3) is 11.5 Å². The van der Waals surface area contributed by atoms with Gasteiger partial charge in [-0.15, -0.1) is 0 Å². The summed E-state index contributed by atoms with van der Waals surface area (Å²) in [6, 6.07) is 18.7. The summed E-state index contributed by atoms with van der Waals surface area (Å²) in [4.78, 5) is 5.06. The van der Waals surface area contributed by atoms with Gasteiger partial charge in [-0.05, 0) is 80.2 Å². The molecule has 0 fully saturated rings. The van der Waals surface area contributed by atoms with Gasteiger partial charge in [0.2, 0.25) is 0 Å². The second kappa shape index (κ2) is 11.8. The summed E-state index contributed by atoms with van der Waals surface area (Å²) in [6.45, 7) is 24.4.